The number of hydrogen-bond donors (Lipinski definition) is 1. The van der Waals surface area contributed by atoms with E-state index in [-0.39, 0.29) is 0 Å². The van der Waals surface area contributed by atoms with E-state index in [1.165, 1.54) is 4.88 Å². The third kappa shape index (κ3) is 2.48. The van der Waals surface area contributed by atoms with Crippen molar-refractivity contribution in [2.24, 2.45) is 0 Å². The van der Waals surface area contributed by atoms with Crippen LogP contribution in [0.5, 0.6) is 0 Å². The first-order valence-electron chi connectivity index (χ1n) is 4.74. The molecule has 1 aliphatic rings. The predicted octanol–water partition coefficient (Wildman–Crippen LogP) is 2.36. The van der Waals surface area contributed by atoms with Crippen LogP contribution in [-0.4, -0.2) is 28.7 Å². The van der Waals surface area contributed by atoms with Gasteiger partial charge in [0.1, 0.15) is 0 Å². The number of β-amino-alcohol motifs (C(OH)–C–C–N with tert-alkyl or cyclic N) is 1. The first-order valence-corrected chi connectivity index (χ1v) is 5.94. The number of hydrogen-bond acceptors (Lipinski definition) is 3. The number of thiophene rings is 1. The zero-order chi connectivity index (χ0) is 10.2. The summed E-state index contributed by atoms with van der Waals surface area (Å²) < 4.78 is 0.839. The maximum atomic E-state index is 9.78. The standard InChI is InChI=1S/C10H14ClNOS/c1-10(13)4-5-12(7-10)6-8-2-3-9(11)14-8/h2-3,13H,4-7H2,1H3. The van der Waals surface area contributed by atoms with E-state index in [4.69, 9.17) is 11.6 Å². The molecule has 1 unspecified atom stereocenters. The highest BCUT2D eigenvalue weighted by Crippen LogP contribution is 2.26. The molecule has 1 aromatic rings. The molecule has 1 atom stereocenters. The molecular weight excluding hydrogens is 218 g/mol. The molecule has 0 aliphatic carbocycles. The lowest BCUT2D eigenvalue weighted by Gasteiger charge is -2.17. The van der Waals surface area contributed by atoms with Crippen molar-refractivity contribution in [3.63, 3.8) is 0 Å². The molecule has 14 heavy (non-hydrogen) atoms. The van der Waals surface area contributed by atoms with Gasteiger partial charge in [0.2, 0.25) is 0 Å². The number of aliphatic hydroxyl groups is 1. The van der Waals surface area contributed by atoms with Crippen LogP contribution in [-0.2, 0) is 6.54 Å². The zero-order valence-electron chi connectivity index (χ0n) is 8.16. The van der Waals surface area contributed by atoms with E-state index in [9.17, 15) is 5.11 Å². The summed E-state index contributed by atoms with van der Waals surface area (Å²) in [5, 5.41) is 9.78. The second kappa shape index (κ2) is 3.81. The van der Waals surface area contributed by atoms with Crippen molar-refractivity contribution in [1.29, 1.82) is 0 Å². The van der Waals surface area contributed by atoms with E-state index >= 15 is 0 Å². The van der Waals surface area contributed by atoms with Gasteiger partial charge in [-0.05, 0) is 25.5 Å². The van der Waals surface area contributed by atoms with E-state index in [0.717, 1.165) is 30.4 Å². The normalized spacial score (nSPS) is 28.5. The van der Waals surface area contributed by atoms with Crippen LogP contribution in [0.25, 0.3) is 0 Å². The molecule has 0 aromatic carbocycles. The summed E-state index contributed by atoms with van der Waals surface area (Å²) >= 11 is 7.47. The number of rotatable bonds is 2. The van der Waals surface area contributed by atoms with Gasteiger partial charge in [-0.3, -0.25) is 4.90 Å². The molecule has 4 heteroatoms. The van der Waals surface area contributed by atoms with E-state index in [0.29, 0.717) is 0 Å². The van der Waals surface area contributed by atoms with Crippen LogP contribution in [0.3, 0.4) is 0 Å². The van der Waals surface area contributed by atoms with Crippen molar-refractivity contribution in [2.75, 3.05) is 13.1 Å². The van der Waals surface area contributed by atoms with Crippen LogP contribution in [0.2, 0.25) is 4.34 Å². The number of likely N-dealkylation sites (tertiary alicyclic amines) is 1. The molecule has 0 radical (unpaired) electrons. The molecule has 1 aromatic heterocycles. The van der Waals surface area contributed by atoms with Crippen LogP contribution in [0.1, 0.15) is 18.2 Å². The van der Waals surface area contributed by atoms with Gasteiger partial charge in [0.05, 0.1) is 9.94 Å². The highest BCUT2D eigenvalue weighted by atomic mass is 35.5. The lowest BCUT2D eigenvalue weighted by molar-refractivity contribution is 0.0680. The van der Waals surface area contributed by atoms with Crippen LogP contribution in [0.4, 0.5) is 0 Å². The molecule has 1 fully saturated rings. The first kappa shape index (κ1) is 10.4. The van der Waals surface area contributed by atoms with Crippen molar-refractivity contribution >= 4 is 22.9 Å². The summed E-state index contributed by atoms with van der Waals surface area (Å²) in [4.78, 5) is 3.54. The molecule has 2 nitrogen and oxygen atoms in total. The van der Waals surface area contributed by atoms with Gasteiger partial charge in [0.25, 0.3) is 0 Å². The van der Waals surface area contributed by atoms with Crippen molar-refractivity contribution in [3.05, 3.63) is 21.3 Å². The smallest absolute Gasteiger partial charge is 0.0931 e. The SMILES string of the molecule is CC1(O)CCN(Cc2ccc(Cl)s2)C1. The zero-order valence-corrected chi connectivity index (χ0v) is 9.74. The quantitative estimate of drug-likeness (QED) is 0.845. The second-order valence-corrected chi connectivity index (χ2v) is 5.96. The molecule has 1 aliphatic heterocycles. The Labute approximate surface area is 93.1 Å². The third-order valence-corrected chi connectivity index (χ3v) is 3.76. The Morgan fingerprint density at radius 2 is 2.43 bits per heavy atom. The highest BCUT2D eigenvalue weighted by Gasteiger charge is 2.31. The molecule has 0 spiro atoms. The maximum Gasteiger partial charge on any atom is 0.0931 e. The van der Waals surface area contributed by atoms with E-state index in [1.54, 1.807) is 11.3 Å². The molecule has 0 bridgehead atoms. The van der Waals surface area contributed by atoms with E-state index in [2.05, 4.69) is 11.0 Å². The minimum Gasteiger partial charge on any atom is -0.389 e. The molecule has 1 N–H and O–H groups in total. The summed E-state index contributed by atoms with van der Waals surface area (Å²) in [5.41, 5.74) is -0.499. The van der Waals surface area contributed by atoms with Crippen LogP contribution >= 0.6 is 22.9 Å². The van der Waals surface area contributed by atoms with Gasteiger partial charge in [-0.2, -0.15) is 0 Å². The van der Waals surface area contributed by atoms with Crippen molar-refractivity contribution in [3.8, 4) is 0 Å². The molecule has 0 saturated carbocycles. The van der Waals surface area contributed by atoms with Crippen molar-refractivity contribution in [1.82, 2.24) is 4.90 Å². The van der Waals surface area contributed by atoms with Gasteiger partial charge < -0.3 is 5.11 Å². The Kier molecular flexibility index (Phi) is 2.84. The van der Waals surface area contributed by atoms with Crippen molar-refractivity contribution < 1.29 is 5.11 Å². The average Bonchev–Trinajstić information content (AvgIpc) is 2.59. The second-order valence-electron chi connectivity index (χ2n) is 4.16. The number of halogens is 1. The Bertz CT molecular complexity index is 324. The van der Waals surface area contributed by atoms with Crippen LogP contribution in [0.15, 0.2) is 12.1 Å². The molecular formula is C10H14ClNOS. The molecule has 0 amide bonds. The van der Waals surface area contributed by atoms with Gasteiger partial charge in [-0.15, -0.1) is 11.3 Å². The molecule has 2 rings (SSSR count). The van der Waals surface area contributed by atoms with E-state index in [1.807, 2.05) is 13.0 Å². The summed E-state index contributed by atoms with van der Waals surface area (Å²) in [6.07, 6.45) is 0.867. The maximum absolute atomic E-state index is 9.78. The fourth-order valence-electron chi connectivity index (χ4n) is 1.83. The molecule has 1 saturated heterocycles. The topological polar surface area (TPSA) is 23.5 Å². The Hall–Kier alpha value is -0.0900. The Morgan fingerprint density at radius 1 is 1.64 bits per heavy atom. The summed E-state index contributed by atoms with van der Waals surface area (Å²) in [5.74, 6) is 0. The fraction of sp³-hybridized carbons (Fsp3) is 0.600. The predicted molar refractivity (Wildman–Crippen MR) is 59.8 cm³/mol. The Morgan fingerprint density at radius 3 is 2.93 bits per heavy atom. The van der Waals surface area contributed by atoms with Crippen LogP contribution < -0.4 is 0 Å². The third-order valence-electron chi connectivity index (χ3n) is 2.54. The molecule has 78 valence electrons. The summed E-state index contributed by atoms with van der Waals surface area (Å²) in [6, 6.07) is 3.98. The lowest BCUT2D eigenvalue weighted by atomic mass is 10.1. The highest BCUT2D eigenvalue weighted by molar-refractivity contribution is 7.16. The van der Waals surface area contributed by atoms with Gasteiger partial charge in [-0.25, -0.2) is 0 Å². The number of nitrogens with zero attached hydrogens (tertiary/aromatic N) is 1. The monoisotopic (exact) mass is 231 g/mol. The van der Waals surface area contributed by atoms with Crippen LogP contribution in [0, 0.1) is 0 Å². The fourth-order valence-corrected chi connectivity index (χ4v) is 2.96. The molecule has 2 heterocycles. The first-order chi connectivity index (χ1) is 6.55. The minimum absolute atomic E-state index is 0.499. The lowest BCUT2D eigenvalue weighted by Crippen LogP contribution is -2.29. The average molecular weight is 232 g/mol. The van der Waals surface area contributed by atoms with E-state index < -0.39 is 5.60 Å². The minimum atomic E-state index is -0.499. The summed E-state index contributed by atoms with van der Waals surface area (Å²) in [6.45, 7) is 4.55. The van der Waals surface area contributed by atoms with Gasteiger partial charge >= 0.3 is 0 Å². The van der Waals surface area contributed by atoms with Crippen molar-refractivity contribution in [2.45, 2.75) is 25.5 Å². The van der Waals surface area contributed by atoms with Gasteiger partial charge in [0.15, 0.2) is 0 Å². The summed E-state index contributed by atoms with van der Waals surface area (Å²) in [7, 11) is 0. The largest absolute Gasteiger partial charge is 0.389 e. The van der Waals surface area contributed by atoms with Gasteiger partial charge in [-0.1, -0.05) is 11.6 Å². The Balaban J connectivity index is 1.94. The van der Waals surface area contributed by atoms with Gasteiger partial charge in [0, 0.05) is 24.5 Å².